The Morgan fingerprint density at radius 2 is 0.889 bits per heavy atom. The van der Waals surface area contributed by atoms with Gasteiger partial charge in [-0.25, -0.2) is 0 Å². The van der Waals surface area contributed by atoms with E-state index in [2.05, 4.69) is 0 Å². The van der Waals surface area contributed by atoms with Gasteiger partial charge >= 0.3 is 11.6 Å². The molecule has 0 saturated heterocycles. The SMILES string of the molecule is NCC(=O)N(CC([N+](=O)[O-])([N+](=O)[O-])[N+](=O)[O-])CC([N+](=O)[O-])([N+](=O)[O-])[N+](=O)[O-]. The van der Waals surface area contributed by atoms with Crippen molar-refractivity contribution in [3.05, 3.63) is 60.7 Å². The molecule has 0 aromatic heterocycles. The van der Waals surface area contributed by atoms with Gasteiger partial charge in [-0.05, 0) is 0 Å². The Balaban J connectivity index is 6.49. The van der Waals surface area contributed by atoms with Crippen molar-refractivity contribution < 1.29 is 34.3 Å². The molecule has 0 heterocycles. The number of carbonyl (C=O) groups excluding carboxylic acids is 1. The summed E-state index contributed by atoms with van der Waals surface area (Å²) in [4.78, 5) is 63.8. The van der Waals surface area contributed by atoms with Crippen LogP contribution in [0.5, 0.6) is 0 Å². The first-order valence-corrected chi connectivity index (χ1v) is 6.06. The quantitative estimate of drug-likeness (QED) is 0.202. The van der Waals surface area contributed by atoms with Crippen LogP contribution >= 0.6 is 0 Å². The third kappa shape index (κ3) is 3.75. The fourth-order valence-corrected chi connectivity index (χ4v) is 1.62. The predicted molar refractivity (Wildman–Crippen MR) is 73.1 cm³/mol. The first kappa shape index (κ1) is 22.8. The molecule has 0 aliphatic heterocycles. The lowest BCUT2D eigenvalue weighted by molar-refractivity contribution is -0.974. The van der Waals surface area contributed by atoms with Crippen molar-refractivity contribution >= 4 is 5.91 Å². The summed E-state index contributed by atoms with van der Waals surface area (Å²) >= 11 is 0. The molecule has 1 amide bonds. The van der Waals surface area contributed by atoms with Crippen LogP contribution in [0.2, 0.25) is 0 Å². The van der Waals surface area contributed by atoms with E-state index < -0.39 is 71.6 Å². The maximum absolute atomic E-state index is 11.7. The molecule has 0 aromatic rings. The molecule has 21 nitrogen and oxygen atoms in total. The minimum Gasteiger partial charge on any atom is -0.322 e. The molecule has 150 valence electrons. The summed E-state index contributed by atoms with van der Waals surface area (Å²) in [5, 5.41) is 65.2. The third-order valence-corrected chi connectivity index (χ3v) is 3.09. The van der Waals surface area contributed by atoms with Crippen molar-refractivity contribution in [2.45, 2.75) is 11.6 Å². The van der Waals surface area contributed by atoms with Gasteiger partial charge in [-0.15, -0.1) is 0 Å². The van der Waals surface area contributed by atoms with Gasteiger partial charge in [0, 0.05) is 0 Å². The zero-order valence-electron chi connectivity index (χ0n) is 12.6. The number of carbonyl (C=O) groups is 1. The lowest BCUT2D eigenvalue weighted by Gasteiger charge is -2.21. The Hall–Kier alpha value is -4.17. The minimum atomic E-state index is -4.42. The molecule has 2 N–H and O–H groups in total. The van der Waals surface area contributed by atoms with E-state index in [0.717, 1.165) is 0 Å². The van der Waals surface area contributed by atoms with E-state index >= 15 is 0 Å². The normalized spacial score (nSPS) is 11.3. The van der Waals surface area contributed by atoms with Gasteiger partial charge in [0.2, 0.25) is 19.0 Å². The van der Waals surface area contributed by atoms with Gasteiger partial charge < -0.3 is 5.73 Å². The van der Waals surface area contributed by atoms with Gasteiger partial charge in [-0.1, -0.05) is 0 Å². The van der Waals surface area contributed by atoms with Crippen molar-refractivity contribution in [2.75, 3.05) is 19.6 Å². The van der Waals surface area contributed by atoms with Crippen molar-refractivity contribution in [3.63, 3.8) is 0 Å². The summed E-state index contributed by atoms with van der Waals surface area (Å²) in [6.07, 6.45) is 0. The highest BCUT2D eigenvalue weighted by Crippen LogP contribution is 2.20. The Bertz CT molecular complexity index is 594. The molecule has 0 fully saturated rings. The molecule has 0 radical (unpaired) electrons. The first-order chi connectivity index (χ1) is 12.2. The maximum atomic E-state index is 11.7. The molecular weight excluding hydrogens is 392 g/mol. The van der Waals surface area contributed by atoms with Crippen LogP contribution in [0.3, 0.4) is 0 Å². The number of hydrogen-bond donors (Lipinski definition) is 1. The first-order valence-electron chi connectivity index (χ1n) is 6.06. The summed E-state index contributed by atoms with van der Waals surface area (Å²) in [6.45, 7) is -5.67. The van der Waals surface area contributed by atoms with Crippen LogP contribution in [0.15, 0.2) is 0 Å². The van der Waals surface area contributed by atoms with Crippen molar-refractivity contribution in [2.24, 2.45) is 5.73 Å². The molecule has 27 heavy (non-hydrogen) atoms. The predicted octanol–water partition coefficient (Wildman–Crippen LogP) is -3.26. The summed E-state index contributed by atoms with van der Waals surface area (Å²) in [5.74, 6) is -10.6. The zero-order chi connectivity index (χ0) is 21.7. The van der Waals surface area contributed by atoms with Crippen molar-refractivity contribution in [1.29, 1.82) is 0 Å². The summed E-state index contributed by atoms with van der Waals surface area (Å²) in [5.41, 5.74) is 4.86. The van der Waals surface area contributed by atoms with E-state index in [-0.39, 0.29) is 0 Å². The molecule has 0 spiro atoms. The van der Waals surface area contributed by atoms with Gasteiger partial charge in [0.15, 0.2) is 29.5 Å². The van der Waals surface area contributed by atoms with Crippen LogP contribution in [-0.2, 0) is 4.79 Å². The number of hydrogen-bond acceptors (Lipinski definition) is 14. The van der Waals surface area contributed by atoms with E-state index in [4.69, 9.17) is 5.73 Å². The summed E-state index contributed by atoms with van der Waals surface area (Å²) < 4.78 is 0. The molecule has 0 aliphatic carbocycles. The Kier molecular flexibility index (Phi) is 6.60. The van der Waals surface area contributed by atoms with Gasteiger partial charge in [0.05, 0.1) is 6.54 Å². The van der Waals surface area contributed by atoms with E-state index in [1.54, 1.807) is 0 Å². The largest absolute Gasteiger partial charge is 0.717 e. The van der Waals surface area contributed by atoms with E-state index in [0.29, 0.717) is 0 Å². The second-order valence-electron chi connectivity index (χ2n) is 4.55. The third-order valence-electron chi connectivity index (χ3n) is 3.09. The molecule has 0 aromatic carbocycles. The lowest BCUT2D eigenvalue weighted by atomic mass is 10.2. The topological polar surface area (TPSA) is 305 Å². The standard InChI is InChI=1S/C6H8N8O13/c7-1-4(15)8(2-5(9(16)17,10(18)19)11(20)21)3-6(12(22)23,13(24)25)14(26)27/h1-3,7H2. The van der Waals surface area contributed by atoms with Gasteiger partial charge in [0.25, 0.3) is 0 Å². The fraction of sp³-hybridized carbons (Fsp3) is 0.833. The molecular formula is C6H8N8O13. The van der Waals surface area contributed by atoms with Crippen LogP contribution in [0, 0.1) is 60.7 Å². The van der Waals surface area contributed by atoms with Crippen LogP contribution in [0.4, 0.5) is 0 Å². The smallest absolute Gasteiger partial charge is 0.322 e. The maximum Gasteiger partial charge on any atom is 0.717 e. The van der Waals surface area contributed by atoms with E-state index in [9.17, 15) is 65.5 Å². The lowest BCUT2D eigenvalue weighted by Crippen LogP contribution is -2.66. The molecule has 0 unspecified atom stereocenters. The highest BCUT2D eigenvalue weighted by atomic mass is 16.7. The molecule has 0 aliphatic rings. The van der Waals surface area contributed by atoms with Crippen molar-refractivity contribution in [1.82, 2.24) is 4.90 Å². The fourth-order valence-electron chi connectivity index (χ4n) is 1.62. The van der Waals surface area contributed by atoms with Gasteiger partial charge in [-0.3, -0.25) is 70.4 Å². The average molecular weight is 400 g/mol. The summed E-state index contributed by atoms with van der Waals surface area (Å²) in [7, 11) is 0. The molecule has 0 bridgehead atoms. The number of nitrogens with two attached hydrogens (primary N) is 1. The molecule has 0 atom stereocenters. The second-order valence-corrected chi connectivity index (χ2v) is 4.55. The second kappa shape index (κ2) is 7.81. The van der Waals surface area contributed by atoms with Gasteiger partial charge in [-0.2, -0.15) is 0 Å². The number of nitrogens with zero attached hydrogens (tertiary/aromatic N) is 7. The highest BCUT2D eigenvalue weighted by Gasteiger charge is 2.76. The highest BCUT2D eigenvalue weighted by molar-refractivity contribution is 5.78. The van der Waals surface area contributed by atoms with Gasteiger partial charge in [0.1, 0.15) is 0 Å². The van der Waals surface area contributed by atoms with Crippen molar-refractivity contribution in [3.8, 4) is 0 Å². The monoisotopic (exact) mass is 400 g/mol. The Morgan fingerprint density at radius 1 is 0.667 bits per heavy atom. The van der Waals surface area contributed by atoms with Crippen LogP contribution in [-0.4, -0.2) is 71.6 Å². The minimum absolute atomic E-state index is 0.525. The molecule has 0 rings (SSSR count). The van der Waals surface area contributed by atoms with E-state index in [1.165, 1.54) is 0 Å². The zero-order valence-corrected chi connectivity index (χ0v) is 12.6. The Labute approximate surface area is 144 Å². The van der Waals surface area contributed by atoms with Crippen LogP contribution in [0.1, 0.15) is 0 Å². The van der Waals surface area contributed by atoms with E-state index in [1.807, 2.05) is 0 Å². The van der Waals surface area contributed by atoms with Crippen LogP contribution < -0.4 is 5.73 Å². The van der Waals surface area contributed by atoms with Crippen LogP contribution in [0.25, 0.3) is 0 Å². The summed E-state index contributed by atoms with van der Waals surface area (Å²) in [6, 6.07) is 0. The number of rotatable bonds is 11. The Morgan fingerprint density at radius 3 is 1.04 bits per heavy atom. The average Bonchev–Trinajstić information content (AvgIpc) is 2.52. The number of amides is 1. The molecule has 0 saturated carbocycles. The number of nitro groups is 6. The molecule has 21 heteroatoms.